The van der Waals surface area contributed by atoms with Gasteiger partial charge in [0, 0.05) is 16.7 Å². The molecule has 0 fully saturated rings. The van der Waals surface area contributed by atoms with E-state index in [0.29, 0.717) is 11.1 Å². The number of carbonyl (C=O) groups is 4. The molecule has 2 rings (SSSR count). The number of carbonyl (C=O) groups excluding carboxylic acids is 4. The van der Waals surface area contributed by atoms with E-state index < -0.39 is 17.7 Å². The zero-order chi connectivity index (χ0) is 22.6. The van der Waals surface area contributed by atoms with E-state index in [-0.39, 0.29) is 36.6 Å². The van der Waals surface area contributed by atoms with Crippen molar-refractivity contribution in [1.82, 2.24) is 0 Å². The van der Waals surface area contributed by atoms with Crippen LogP contribution in [0.5, 0.6) is 0 Å². The van der Waals surface area contributed by atoms with Crippen LogP contribution in [-0.4, -0.2) is 36.7 Å². The fourth-order valence-corrected chi connectivity index (χ4v) is 2.70. The van der Waals surface area contributed by atoms with Crippen LogP contribution in [0.1, 0.15) is 41.0 Å². The summed E-state index contributed by atoms with van der Waals surface area (Å²) < 4.78 is 10.0. The molecule has 0 radical (unpaired) electrons. The van der Waals surface area contributed by atoms with E-state index in [1.54, 1.807) is 74.5 Å². The van der Waals surface area contributed by atoms with Gasteiger partial charge in [-0.2, -0.15) is 0 Å². The first-order valence-corrected chi connectivity index (χ1v) is 9.92. The maximum Gasteiger partial charge on any atom is 0.341 e. The summed E-state index contributed by atoms with van der Waals surface area (Å²) in [6, 6.07) is 16.7. The zero-order valence-corrected chi connectivity index (χ0v) is 17.5. The van der Waals surface area contributed by atoms with Crippen LogP contribution in [0.4, 0.5) is 0 Å². The Labute approximate surface area is 181 Å². The van der Waals surface area contributed by atoms with E-state index in [9.17, 15) is 19.2 Å². The lowest BCUT2D eigenvalue weighted by atomic mass is 10.00. The average Bonchev–Trinajstić information content (AvgIpc) is 2.79. The Morgan fingerprint density at radius 3 is 1.81 bits per heavy atom. The van der Waals surface area contributed by atoms with Crippen LogP contribution in [0.3, 0.4) is 0 Å². The molecule has 0 heterocycles. The molecule has 0 atom stereocenters. The van der Waals surface area contributed by atoms with E-state index in [1.807, 2.05) is 0 Å². The molecular formula is C25H24O6. The number of hydrogen-bond donors (Lipinski definition) is 0. The van der Waals surface area contributed by atoms with Gasteiger partial charge in [-0.05, 0) is 26.3 Å². The summed E-state index contributed by atoms with van der Waals surface area (Å²) >= 11 is 0. The lowest BCUT2D eigenvalue weighted by Crippen LogP contribution is -2.17. The Balaban J connectivity index is 2.39. The maximum absolute atomic E-state index is 12.8. The molecule has 6 nitrogen and oxygen atoms in total. The topological polar surface area (TPSA) is 86.7 Å². The summed E-state index contributed by atoms with van der Waals surface area (Å²) in [4.78, 5) is 50.2. The standard InChI is InChI=1S/C25H24O6/c1-3-30-24(28)20(17-22(26)18-11-7-5-8-12-18)15-16-21(25(29)31-4-2)23(27)19-13-9-6-10-14-19/h5-14,16-17H,3-4,15H2,1-2H3. The Morgan fingerprint density at radius 2 is 1.26 bits per heavy atom. The quantitative estimate of drug-likeness (QED) is 0.189. The van der Waals surface area contributed by atoms with Gasteiger partial charge in [0.25, 0.3) is 0 Å². The van der Waals surface area contributed by atoms with Crippen molar-refractivity contribution in [2.75, 3.05) is 13.2 Å². The van der Waals surface area contributed by atoms with Gasteiger partial charge in [0.05, 0.1) is 13.2 Å². The highest BCUT2D eigenvalue weighted by Gasteiger charge is 2.22. The van der Waals surface area contributed by atoms with Crippen LogP contribution < -0.4 is 0 Å². The first kappa shape index (κ1) is 23.5. The van der Waals surface area contributed by atoms with Crippen LogP contribution >= 0.6 is 0 Å². The molecule has 0 bridgehead atoms. The molecule has 160 valence electrons. The Bertz CT molecular complexity index is 987. The van der Waals surface area contributed by atoms with Crippen molar-refractivity contribution in [2.24, 2.45) is 0 Å². The Kier molecular flexibility index (Phi) is 9.11. The Morgan fingerprint density at radius 1 is 0.742 bits per heavy atom. The van der Waals surface area contributed by atoms with Gasteiger partial charge in [0.1, 0.15) is 5.57 Å². The first-order valence-electron chi connectivity index (χ1n) is 9.92. The molecule has 0 aliphatic rings. The van der Waals surface area contributed by atoms with Crippen molar-refractivity contribution in [3.8, 4) is 0 Å². The molecule has 2 aromatic rings. The number of ketones is 2. The fourth-order valence-electron chi connectivity index (χ4n) is 2.70. The number of benzene rings is 2. The minimum atomic E-state index is -0.797. The lowest BCUT2D eigenvalue weighted by Gasteiger charge is -2.08. The molecule has 0 unspecified atom stereocenters. The monoisotopic (exact) mass is 420 g/mol. The molecule has 0 N–H and O–H groups in total. The number of esters is 2. The third-order valence-corrected chi connectivity index (χ3v) is 4.20. The number of allylic oxidation sites excluding steroid dienone is 2. The molecule has 0 amide bonds. The predicted molar refractivity (Wildman–Crippen MR) is 116 cm³/mol. The van der Waals surface area contributed by atoms with Gasteiger partial charge in [-0.15, -0.1) is 0 Å². The second kappa shape index (κ2) is 12.0. The molecule has 31 heavy (non-hydrogen) atoms. The summed E-state index contributed by atoms with van der Waals surface area (Å²) in [5.41, 5.74) is 0.525. The van der Waals surface area contributed by atoms with Crippen molar-refractivity contribution in [3.05, 3.63) is 95.1 Å². The number of rotatable bonds is 10. The van der Waals surface area contributed by atoms with E-state index in [4.69, 9.17) is 9.47 Å². The summed E-state index contributed by atoms with van der Waals surface area (Å²) in [6.45, 7) is 3.48. The lowest BCUT2D eigenvalue weighted by molar-refractivity contribution is -0.139. The molecule has 0 aliphatic carbocycles. The Hall–Kier alpha value is -3.80. The molecule has 0 saturated heterocycles. The third kappa shape index (κ3) is 6.89. The molecule has 2 aromatic carbocycles. The minimum absolute atomic E-state index is 0.0263. The number of hydrogen-bond acceptors (Lipinski definition) is 6. The van der Waals surface area contributed by atoms with Gasteiger partial charge in [0.2, 0.25) is 0 Å². The molecule has 6 heteroatoms. The fraction of sp³-hybridized carbons (Fsp3) is 0.200. The maximum atomic E-state index is 12.8. The van der Waals surface area contributed by atoms with Crippen molar-refractivity contribution in [2.45, 2.75) is 20.3 Å². The number of Topliss-reactive ketones (excluding diaryl/α,β-unsaturated/α-hetero) is 1. The number of ether oxygens (including phenoxy) is 2. The van der Waals surface area contributed by atoms with Gasteiger partial charge in [0.15, 0.2) is 11.6 Å². The summed E-state index contributed by atoms with van der Waals surface area (Å²) in [7, 11) is 0. The summed E-state index contributed by atoms with van der Waals surface area (Å²) in [5, 5.41) is 0. The van der Waals surface area contributed by atoms with Gasteiger partial charge >= 0.3 is 11.9 Å². The highest BCUT2D eigenvalue weighted by Crippen LogP contribution is 2.16. The van der Waals surface area contributed by atoms with Gasteiger partial charge in [-0.3, -0.25) is 9.59 Å². The average molecular weight is 420 g/mol. The van der Waals surface area contributed by atoms with Crippen molar-refractivity contribution >= 4 is 23.5 Å². The van der Waals surface area contributed by atoms with Crippen molar-refractivity contribution < 1.29 is 28.7 Å². The van der Waals surface area contributed by atoms with Crippen LogP contribution in [0.2, 0.25) is 0 Å². The van der Waals surface area contributed by atoms with Gasteiger partial charge in [-0.25, -0.2) is 9.59 Å². The molecular weight excluding hydrogens is 396 g/mol. The minimum Gasteiger partial charge on any atom is -0.463 e. The molecule has 0 aromatic heterocycles. The normalized spacial score (nSPS) is 11.5. The molecule has 0 saturated carbocycles. The highest BCUT2D eigenvalue weighted by molar-refractivity contribution is 6.24. The van der Waals surface area contributed by atoms with E-state index in [0.717, 1.165) is 0 Å². The predicted octanol–water partition coefficient (Wildman–Crippen LogP) is 4.12. The van der Waals surface area contributed by atoms with Gasteiger partial charge < -0.3 is 9.47 Å². The highest BCUT2D eigenvalue weighted by atomic mass is 16.5. The van der Waals surface area contributed by atoms with Gasteiger partial charge in [-0.1, -0.05) is 66.7 Å². The summed E-state index contributed by atoms with van der Waals surface area (Å²) in [5.74, 6) is -2.41. The largest absolute Gasteiger partial charge is 0.463 e. The van der Waals surface area contributed by atoms with Crippen molar-refractivity contribution in [3.63, 3.8) is 0 Å². The second-order valence-electron chi connectivity index (χ2n) is 6.36. The third-order valence-electron chi connectivity index (χ3n) is 4.20. The summed E-state index contributed by atoms with van der Waals surface area (Å²) in [6.07, 6.45) is 2.32. The van der Waals surface area contributed by atoms with E-state index in [2.05, 4.69) is 0 Å². The van der Waals surface area contributed by atoms with Crippen molar-refractivity contribution in [1.29, 1.82) is 0 Å². The zero-order valence-electron chi connectivity index (χ0n) is 17.5. The van der Waals surface area contributed by atoms with Crippen LogP contribution in [0.25, 0.3) is 0 Å². The molecule has 0 aliphatic heterocycles. The van der Waals surface area contributed by atoms with Crippen LogP contribution in [-0.2, 0) is 19.1 Å². The second-order valence-corrected chi connectivity index (χ2v) is 6.36. The van der Waals surface area contributed by atoms with Crippen LogP contribution in [0.15, 0.2) is 84.0 Å². The van der Waals surface area contributed by atoms with E-state index >= 15 is 0 Å². The first-order chi connectivity index (χ1) is 15.0. The smallest absolute Gasteiger partial charge is 0.341 e. The van der Waals surface area contributed by atoms with Crippen LogP contribution in [0, 0.1) is 0 Å². The van der Waals surface area contributed by atoms with E-state index in [1.165, 1.54) is 12.2 Å². The molecule has 0 spiro atoms. The SMILES string of the molecule is CCOC(=O)C(=CC(=O)c1ccccc1)CC=C(C(=O)OCC)C(=O)c1ccccc1.